The number of hydrogen-bond acceptors (Lipinski definition) is 4. The van der Waals surface area contributed by atoms with Gasteiger partial charge in [0.1, 0.15) is 0 Å². The van der Waals surface area contributed by atoms with Crippen molar-refractivity contribution in [2.45, 2.75) is 50.9 Å². The van der Waals surface area contributed by atoms with Crippen molar-refractivity contribution in [3.05, 3.63) is 101 Å². The van der Waals surface area contributed by atoms with Gasteiger partial charge in [0.2, 0.25) is 0 Å². The summed E-state index contributed by atoms with van der Waals surface area (Å²) in [5.74, 6) is 0. The lowest BCUT2D eigenvalue weighted by atomic mass is 9.93. The first-order valence-electron chi connectivity index (χ1n) is 12.9. The monoisotopic (exact) mass is 499 g/mol. The Balaban J connectivity index is 1.28. The van der Waals surface area contributed by atoms with E-state index in [9.17, 15) is 14.7 Å². The lowest BCUT2D eigenvalue weighted by Gasteiger charge is -2.38. The molecule has 37 heavy (non-hydrogen) atoms. The Hall–Kier alpha value is -3.91. The summed E-state index contributed by atoms with van der Waals surface area (Å²) in [5, 5.41) is 9.88. The number of carbonyl (C=O) groups is 1. The van der Waals surface area contributed by atoms with E-state index in [1.54, 1.807) is 15.7 Å². The molecule has 8 heteroatoms. The number of nitrogens with one attached hydrogen (secondary N) is 1. The number of pyridine rings is 1. The number of aromatic amines is 1. The first-order valence-corrected chi connectivity index (χ1v) is 12.9. The predicted octanol–water partition coefficient (Wildman–Crippen LogP) is 4.89. The minimum absolute atomic E-state index is 0.0595. The quantitative estimate of drug-likeness (QED) is 0.342. The van der Waals surface area contributed by atoms with Crippen molar-refractivity contribution in [3.63, 3.8) is 0 Å². The maximum atomic E-state index is 12.7. The average Bonchev–Trinajstić information content (AvgIpc) is 3.25. The molecule has 2 N–H and O–H groups in total. The third-order valence-electron chi connectivity index (χ3n) is 7.30. The fourth-order valence-corrected chi connectivity index (χ4v) is 5.56. The summed E-state index contributed by atoms with van der Waals surface area (Å²) >= 11 is 0. The van der Waals surface area contributed by atoms with Crippen LogP contribution in [-0.4, -0.2) is 54.7 Å². The van der Waals surface area contributed by atoms with E-state index >= 15 is 0 Å². The van der Waals surface area contributed by atoms with Crippen molar-refractivity contribution in [1.82, 2.24) is 24.3 Å². The summed E-state index contributed by atoms with van der Waals surface area (Å²) < 4.78 is 1.77. The molecule has 0 saturated carbocycles. The molecule has 1 amide bonds. The van der Waals surface area contributed by atoms with Crippen molar-refractivity contribution in [2.75, 3.05) is 13.1 Å². The molecule has 2 atom stereocenters. The van der Waals surface area contributed by atoms with Crippen LogP contribution < -0.4 is 5.69 Å². The van der Waals surface area contributed by atoms with E-state index in [1.165, 1.54) is 11.1 Å². The summed E-state index contributed by atoms with van der Waals surface area (Å²) in [6, 6.07) is 24.4. The van der Waals surface area contributed by atoms with Gasteiger partial charge >= 0.3 is 11.8 Å². The number of imidazole rings is 1. The number of nitrogens with zero attached hydrogens (tertiary/aromatic N) is 4. The highest BCUT2D eigenvalue weighted by Gasteiger charge is 2.33. The zero-order valence-corrected chi connectivity index (χ0v) is 20.9. The normalized spacial score (nSPS) is 17.9. The third kappa shape index (κ3) is 5.91. The van der Waals surface area contributed by atoms with Crippen molar-refractivity contribution in [2.24, 2.45) is 0 Å². The molecular formula is C29H33N5O3. The van der Waals surface area contributed by atoms with Crippen LogP contribution in [0.3, 0.4) is 0 Å². The van der Waals surface area contributed by atoms with Crippen LogP contribution >= 0.6 is 0 Å². The number of aromatic nitrogens is 3. The van der Waals surface area contributed by atoms with E-state index in [0.717, 1.165) is 38.0 Å². The van der Waals surface area contributed by atoms with Crippen LogP contribution in [0.2, 0.25) is 0 Å². The number of hydrogen-bond donors (Lipinski definition) is 2. The Labute approximate surface area is 216 Å². The molecule has 1 fully saturated rings. The summed E-state index contributed by atoms with van der Waals surface area (Å²) in [6.45, 7) is 2.95. The molecule has 3 heterocycles. The van der Waals surface area contributed by atoms with Crippen molar-refractivity contribution in [1.29, 1.82) is 0 Å². The van der Waals surface area contributed by atoms with E-state index < -0.39 is 6.09 Å². The number of carboxylic acid groups (broad SMARTS) is 1. The highest BCUT2D eigenvalue weighted by atomic mass is 16.4. The second-order valence-corrected chi connectivity index (χ2v) is 9.80. The van der Waals surface area contributed by atoms with Crippen molar-refractivity contribution < 1.29 is 9.90 Å². The third-order valence-corrected chi connectivity index (χ3v) is 7.30. The molecule has 4 aromatic rings. The van der Waals surface area contributed by atoms with E-state index in [1.807, 2.05) is 24.3 Å². The molecule has 8 nitrogen and oxygen atoms in total. The Kier molecular flexibility index (Phi) is 7.65. The summed E-state index contributed by atoms with van der Waals surface area (Å²) in [5.41, 5.74) is 3.68. The SMILES string of the molecule is O=C(O)N1CCC(n2c(=O)[nH]c3ncccc32)C[C@@H]1CCCN(Cc1ccccc1)Cc1ccccc1. The number of likely N-dealkylation sites (tertiary alicyclic amines) is 1. The summed E-state index contributed by atoms with van der Waals surface area (Å²) in [7, 11) is 0. The predicted molar refractivity (Wildman–Crippen MR) is 143 cm³/mol. The molecule has 2 aromatic carbocycles. The van der Waals surface area contributed by atoms with E-state index in [2.05, 4.69) is 63.4 Å². The maximum Gasteiger partial charge on any atom is 0.407 e. The fraction of sp³-hybridized carbons (Fsp3) is 0.345. The largest absolute Gasteiger partial charge is 0.465 e. The van der Waals surface area contributed by atoms with Crippen LogP contribution in [-0.2, 0) is 13.1 Å². The minimum Gasteiger partial charge on any atom is -0.465 e. The van der Waals surface area contributed by atoms with Crippen molar-refractivity contribution >= 4 is 17.3 Å². The standard InChI is InChI=1S/C29H33N5O3/c35-28-31-27-26(14-7-16-30-27)34(28)25-15-18-33(29(36)37)24(19-25)13-8-17-32(20-22-9-3-1-4-10-22)21-23-11-5-2-6-12-23/h1-7,9-12,14,16,24-25H,8,13,15,17-21H2,(H,36,37)(H,30,31,35)/t24-,25?/m0/s1. The number of rotatable bonds is 9. The van der Waals surface area contributed by atoms with Crippen LogP contribution in [0.5, 0.6) is 0 Å². The second-order valence-electron chi connectivity index (χ2n) is 9.80. The van der Waals surface area contributed by atoms with Gasteiger partial charge < -0.3 is 10.0 Å². The van der Waals surface area contributed by atoms with Crippen LogP contribution in [0.15, 0.2) is 83.8 Å². The lowest BCUT2D eigenvalue weighted by molar-refractivity contribution is 0.0853. The summed E-state index contributed by atoms with van der Waals surface area (Å²) in [4.78, 5) is 35.9. The topological polar surface area (TPSA) is 94.5 Å². The van der Waals surface area contributed by atoms with Gasteiger partial charge in [0.15, 0.2) is 5.65 Å². The molecule has 2 aromatic heterocycles. The maximum absolute atomic E-state index is 12.7. The molecule has 1 saturated heterocycles. The molecular weight excluding hydrogens is 466 g/mol. The van der Waals surface area contributed by atoms with Gasteiger partial charge in [0, 0.05) is 37.9 Å². The summed E-state index contributed by atoms with van der Waals surface area (Å²) in [6.07, 6.45) is 3.62. The Morgan fingerprint density at radius 1 is 1.00 bits per heavy atom. The van der Waals surface area contributed by atoms with E-state index in [4.69, 9.17) is 0 Å². The first kappa shape index (κ1) is 24.8. The number of benzene rings is 2. The molecule has 0 aliphatic carbocycles. The Morgan fingerprint density at radius 2 is 1.68 bits per heavy atom. The number of amides is 1. The second kappa shape index (κ2) is 11.4. The minimum atomic E-state index is -0.887. The van der Waals surface area contributed by atoms with Crippen LogP contribution in [0.4, 0.5) is 4.79 Å². The fourth-order valence-electron chi connectivity index (χ4n) is 5.56. The molecule has 5 rings (SSSR count). The molecule has 1 aliphatic rings. The van der Waals surface area contributed by atoms with Crippen LogP contribution in [0.1, 0.15) is 42.9 Å². The van der Waals surface area contributed by atoms with Crippen LogP contribution in [0, 0.1) is 0 Å². The van der Waals surface area contributed by atoms with Crippen LogP contribution in [0.25, 0.3) is 11.2 Å². The molecule has 0 spiro atoms. The van der Waals surface area contributed by atoms with Gasteiger partial charge in [-0.3, -0.25) is 14.5 Å². The van der Waals surface area contributed by atoms with Gasteiger partial charge in [-0.1, -0.05) is 60.7 Å². The molecule has 1 unspecified atom stereocenters. The molecule has 0 bridgehead atoms. The van der Waals surface area contributed by atoms with Gasteiger partial charge in [0.25, 0.3) is 0 Å². The first-order chi connectivity index (χ1) is 18.1. The Bertz CT molecular complexity index is 1330. The van der Waals surface area contributed by atoms with Gasteiger partial charge in [0.05, 0.1) is 5.52 Å². The highest BCUT2D eigenvalue weighted by Crippen LogP contribution is 2.30. The number of piperidine rings is 1. The van der Waals surface area contributed by atoms with Crippen molar-refractivity contribution in [3.8, 4) is 0 Å². The van der Waals surface area contributed by atoms with E-state index in [0.29, 0.717) is 25.0 Å². The molecule has 0 radical (unpaired) electrons. The lowest BCUT2D eigenvalue weighted by Crippen LogP contribution is -2.47. The molecule has 192 valence electrons. The molecule has 1 aliphatic heterocycles. The number of fused-ring (bicyclic) bond motifs is 1. The van der Waals surface area contributed by atoms with E-state index in [-0.39, 0.29) is 17.8 Å². The Morgan fingerprint density at radius 3 is 2.32 bits per heavy atom. The smallest absolute Gasteiger partial charge is 0.407 e. The highest BCUT2D eigenvalue weighted by molar-refractivity contribution is 5.70. The zero-order chi connectivity index (χ0) is 25.6. The average molecular weight is 500 g/mol. The van der Waals surface area contributed by atoms with Gasteiger partial charge in [-0.05, 0) is 55.5 Å². The van der Waals surface area contributed by atoms with Gasteiger partial charge in [-0.25, -0.2) is 14.6 Å². The van der Waals surface area contributed by atoms with Gasteiger partial charge in [-0.15, -0.1) is 0 Å². The van der Waals surface area contributed by atoms with Gasteiger partial charge in [-0.2, -0.15) is 0 Å². The number of H-pyrrole nitrogens is 1. The zero-order valence-electron chi connectivity index (χ0n) is 20.9.